The van der Waals surface area contributed by atoms with Crippen LogP contribution in [0.5, 0.6) is 0 Å². The van der Waals surface area contributed by atoms with Crippen LogP contribution in [0.1, 0.15) is 26.7 Å². The van der Waals surface area contributed by atoms with E-state index in [1.807, 2.05) is 5.32 Å². The molecule has 13 heteroatoms. The lowest BCUT2D eigenvalue weighted by Crippen LogP contribution is -2.58. The Labute approximate surface area is 161 Å². The van der Waals surface area contributed by atoms with Gasteiger partial charge in [-0.05, 0) is 20.3 Å². The lowest BCUT2D eigenvalue weighted by atomic mass is 10.0. The summed E-state index contributed by atoms with van der Waals surface area (Å²) in [5.41, 5.74) is 5.67. The first kappa shape index (κ1) is 25.1. The Balaban J connectivity index is 5.38. The van der Waals surface area contributed by atoms with Crippen molar-refractivity contribution in [3.8, 4) is 0 Å². The van der Waals surface area contributed by atoms with Crippen LogP contribution in [0.2, 0.25) is 0 Å². The van der Waals surface area contributed by atoms with Gasteiger partial charge in [-0.1, -0.05) is 0 Å². The van der Waals surface area contributed by atoms with Gasteiger partial charge in [-0.25, -0.2) is 13.2 Å². The summed E-state index contributed by atoms with van der Waals surface area (Å²) in [6, 6.07) is -4.46. The molecule has 0 aromatic rings. The van der Waals surface area contributed by atoms with Gasteiger partial charge in [0.05, 0.1) is 17.0 Å². The van der Waals surface area contributed by atoms with Gasteiger partial charge in [0.2, 0.25) is 11.8 Å². The van der Waals surface area contributed by atoms with Crippen molar-refractivity contribution in [1.82, 2.24) is 10.6 Å². The van der Waals surface area contributed by atoms with Crippen molar-refractivity contribution in [3.63, 3.8) is 0 Å². The van der Waals surface area contributed by atoms with Crippen molar-refractivity contribution in [1.29, 1.82) is 0 Å². The third-order valence-corrected chi connectivity index (χ3v) is 4.64. The lowest BCUT2D eigenvalue weighted by Gasteiger charge is -2.27. The van der Waals surface area contributed by atoms with E-state index in [0.717, 1.165) is 6.26 Å². The third-order valence-electron chi connectivity index (χ3n) is 3.43. The van der Waals surface area contributed by atoms with Crippen LogP contribution in [-0.4, -0.2) is 77.4 Å². The van der Waals surface area contributed by atoms with Crippen LogP contribution >= 0.6 is 11.6 Å². The summed E-state index contributed by atoms with van der Waals surface area (Å²) in [5, 5.41) is 21.9. The standard InChI is InChI=1S/C14H24ClN3O8S/c1-14(2,15)10(16)12(22)17-7(4-5-27(3,25)26)11(21)18-8(13(23)24)6-9(19)20/h7-8,10H,4-6,16H2,1-3H3,(H,17,22)(H,18,21)(H,19,20)(H,23,24)/t7-,8-,10+/m0/s1. The highest BCUT2D eigenvalue weighted by Gasteiger charge is 2.34. The first-order valence-corrected chi connectivity index (χ1v) is 10.2. The molecule has 0 saturated carbocycles. The molecule has 156 valence electrons. The molecule has 0 aliphatic heterocycles. The van der Waals surface area contributed by atoms with Gasteiger partial charge in [-0.2, -0.15) is 0 Å². The zero-order valence-electron chi connectivity index (χ0n) is 15.1. The molecular formula is C14H24ClN3O8S. The van der Waals surface area contributed by atoms with E-state index >= 15 is 0 Å². The molecule has 0 saturated heterocycles. The molecule has 0 fully saturated rings. The molecule has 0 heterocycles. The van der Waals surface area contributed by atoms with Crippen LogP contribution in [0.4, 0.5) is 0 Å². The van der Waals surface area contributed by atoms with Gasteiger partial charge in [0.1, 0.15) is 28.0 Å². The van der Waals surface area contributed by atoms with Crippen LogP contribution in [0.15, 0.2) is 0 Å². The van der Waals surface area contributed by atoms with E-state index in [2.05, 4.69) is 5.32 Å². The largest absolute Gasteiger partial charge is 0.481 e. The highest BCUT2D eigenvalue weighted by atomic mass is 35.5. The summed E-state index contributed by atoms with van der Waals surface area (Å²) < 4.78 is 22.7. The number of alkyl halides is 1. The average molecular weight is 430 g/mol. The van der Waals surface area contributed by atoms with Gasteiger partial charge >= 0.3 is 11.9 Å². The predicted octanol–water partition coefficient (Wildman–Crippen LogP) is -1.71. The van der Waals surface area contributed by atoms with Crippen molar-refractivity contribution in [2.24, 2.45) is 5.73 Å². The molecule has 0 aromatic carbocycles. The Hall–Kier alpha value is -1.92. The van der Waals surface area contributed by atoms with Crippen LogP contribution in [0.3, 0.4) is 0 Å². The number of carbonyl (C=O) groups excluding carboxylic acids is 2. The number of halogens is 1. The number of aliphatic carboxylic acids is 2. The van der Waals surface area contributed by atoms with Crippen LogP contribution in [-0.2, 0) is 29.0 Å². The molecule has 0 radical (unpaired) electrons. The first-order chi connectivity index (χ1) is 12.0. The van der Waals surface area contributed by atoms with Crippen molar-refractivity contribution < 1.29 is 37.8 Å². The molecule has 0 aliphatic rings. The number of carboxylic acids is 2. The van der Waals surface area contributed by atoms with E-state index in [4.69, 9.17) is 27.5 Å². The van der Waals surface area contributed by atoms with Crippen LogP contribution in [0.25, 0.3) is 0 Å². The average Bonchev–Trinajstić information content (AvgIpc) is 2.47. The molecular weight excluding hydrogens is 406 g/mol. The molecule has 0 unspecified atom stereocenters. The number of hydrogen-bond acceptors (Lipinski definition) is 7. The van der Waals surface area contributed by atoms with E-state index in [0.29, 0.717) is 0 Å². The number of amides is 2. The maximum atomic E-state index is 12.3. The van der Waals surface area contributed by atoms with E-state index in [1.165, 1.54) is 13.8 Å². The van der Waals surface area contributed by atoms with Gasteiger partial charge in [0.25, 0.3) is 0 Å². The lowest BCUT2D eigenvalue weighted by molar-refractivity contribution is -0.147. The summed E-state index contributed by atoms with van der Waals surface area (Å²) in [6.07, 6.45) is -0.352. The highest BCUT2D eigenvalue weighted by molar-refractivity contribution is 7.90. The smallest absolute Gasteiger partial charge is 0.326 e. The fraction of sp³-hybridized carbons (Fsp3) is 0.714. The second kappa shape index (κ2) is 9.85. The van der Waals surface area contributed by atoms with Crippen LogP contribution < -0.4 is 16.4 Å². The first-order valence-electron chi connectivity index (χ1n) is 7.72. The number of carbonyl (C=O) groups is 4. The van der Waals surface area contributed by atoms with Crippen molar-refractivity contribution in [3.05, 3.63) is 0 Å². The molecule has 27 heavy (non-hydrogen) atoms. The molecule has 0 aliphatic carbocycles. The fourth-order valence-electron chi connectivity index (χ4n) is 1.82. The fourth-order valence-corrected chi connectivity index (χ4v) is 2.58. The van der Waals surface area contributed by atoms with Crippen LogP contribution in [0, 0.1) is 0 Å². The summed E-state index contributed by atoms with van der Waals surface area (Å²) in [6.45, 7) is 2.91. The number of hydrogen-bond donors (Lipinski definition) is 5. The van der Waals surface area contributed by atoms with Gasteiger partial charge in [0.15, 0.2) is 0 Å². The molecule has 0 spiro atoms. The van der Waals surface area contributed by atoms with Crippen molar-refractivity contribution in [2.45, 2.75) is 49.7 Å². The topological polar surface area (TPSA) is 193 Å². The number of carboxylic acid groups (broad SMARTS) is 2. The summed E-state index contributed by atoms with van der Waals surface area (Å²) >= 11 is 5.95. The maximum Gasteiger partial charge on any atom is 0.326 e. The van der Waals surface area contributed by atoms with Crippen molar-refractivity contribution >= 4 is 45.2 Å². The molecule has 0 bridgehead atoms. The minimum Gasteiger partial charge on any atom is -0.481 e. The second-order valence-electron chi connectivity index (χ2n) is 6.52. The molecule has 3 atom stereocenters. The Kier molecular flexibility index (Phi) is 9.15. The Morgan fingerprint density at radius 1 is 1.07 bits per heavy atom. The zero-order valence-corrected chi connectivity index (χ0v) is 16.6. The molecule has 2 amide bonds. The van der Waals surface area contributed by atoms with E-state index < -0.39 is 68.8 Å². The molecule has 6 N–H and O–H groups in total. The second-order valence-corrected chi connectivity index (χ2v) is 9.75. The molecule has 0 aromatic heterocycles. The summed E-state index contributed by atoms with van der Waals surface area (Å²) in [4.78, 5) is 45.1. The van der Waals surface area contributed by atoms with Gasteiger partial charge < -0.3 is 26.6 Å². The van der Waals surface area contributed by atoms with Crippen molar-refractivity contribution in [2.75, 3.05) is 12.0 Å². The van der Waals surface area contributed by atoms with E-state index in [9.17, 15) is 27.6 Å². The Morgan fingerprint density at radius 2 is 1.56 bits per heavy atom. The molecule has 0 rings (SSSR count). The monoisotopic (exact) mass is 429 g/mol. The normalized spacial score (nSPS) is 15.3. The third kappa shape index (κ3) is 10.1. The zero-order chi connectivity index (χ0) is 21.6. The summed E-state index contributed by atoms with van der Waals surface area (Å²) in [5.74, 6) is -5.46. The maximum absolute atomic E-state index is 12.3. The summed E-state index contributed by atoms with van der Waals surface area (Å²) in [7, 11) is -3.50. The van der Waals surface area contributed by atoms with E-state index in [-0.39, 0.29) is 6.42 Å². The van der Waals surface area contributed by atoms with E-state index in [1.54, 1.807) is 0 Å². The quantitative estimate of drug-likeness (QED) is 0.238. The number of nitrogens with two attached hydrogens (primary N) is 1. The SMILES string of the molecule is CC(C)(Cl)[C@H](N)C(=O)N[C@@H](CCS(C)(=O)=O)C(=O)N[C@@H](CC(=O)O)C(=O)O. The Morgan fingerprint density at radius 3 is 1.93 bits per heavy atom. The number of rotatable bonds is 11. The highest BCUT2D eigenvalue weighted by Crippen LogP contribution is 2.16. The number of nitrogens with one attached hydrogen (secondary N) is 2. The van der Waals surface area contributed by atoms with Gasteiger partial charge in [-0.15, -0.1) is 11.6 Å². The van der Waals surface area contributed by atoms with Gasteiger partial charge in [-0.3, -0.25) is 14.4 Å². The predicted molar refractivity (Wildman–Crippen MR) is 96.0 cm³/mol. The van der Waals surface area contributed by atoms with Gasteiger partial charge in [0, 0.05) is 6.26 Å². The number of sulfone groups is 1. The minimum atomic E-state index is -3.50. The Bertz CT molecular complexity index is 689. The molecule has 11 nitrogen and oxygen atoms in total. The minimum absolute atomic E-state index is 0.370.